The van der Waals surface area contributed by atoms with Gasteiger partial charge in [0.2, 0.25) is 0 Å². The number of halogens is 2. The molecule has 0 radical (unpaired) electrons. The van der Waals surface area contributed by atoms with Crippen LogP contribution in [0.5, 0.6) is 5.75 Å². The molecule has 4 aromatic carbocycles. The minimum atomic E-state index is -0.341. The molecule has 1 saturated carbocycles. The zero-order valence-electron chi connectivity index (χ0n) is 26.6. The van der Waals surface area contributed by atoms with Crippen LogP contribution in [0.25, 0.3) is 28.1 Å². The van der Waals surface area contributed by atoms with Crippen molar-refractivity contribution in [2.24, 2.45) is 5.92 Å². The van der Waals surface area contributed by atoms with E-state index in [9.17, 15) is 4.79 Å². The smallest absolute Gasteiger partial charge is 0.304 e. The van der Waals surface area contributed by atoms with Crippen molar-refractivity contribution >= 4 is 34.9 Å². The Hall–Kier alpha value is -4.26. The van der Waals surface area contributed by atoms with Crippen molar-refractivity contribution in [1.82, 2.24) is 9.55 Å². The van der Waals surface area contributed by atoms with Crippen LogP contribution in [0.4, 0.5) is 5.69 Å². The standard InChI is InChI=1S/C39H39Cl2N3O3/c1-27(45)47-26-42-33-8-5-9-34(24-33)44-25-38(36-19-16-32(40)23-37(36)41)43-39(44)22-29-10-12-30(13-11-29)31-14-17-35(18-15-31)46-21-20-28-6-3-2-4-7-28/h5,8-19,23-25,28,42H,2-4,6-7,20-22,26H2,1H3. The first-order valence-electron chi connectivity index (χ1n) is 16.2. The Kier molecular flexibility index (Phi) is 10.8. The molecule has 1 aliphatic carbocycles. The SMILES string of the molecule is CC(=O)OCNc1cccc(-n2cc(-c3ccc(Cl)cc3Cl)nc2Cc2ccc(-c3ccc(OCCC4CCCCC4)cc3)cc2)c1. The Morgan fingerprint density at radius 2 is 1.66 bits per heavy atom. The summed E-state index contributed by atoms with van der Waals surface area (Å²) in [4.78, 5) is 16.3. The Morgan fingerprint density at radius 1 is 0.915 bits per heavy atom. The molecule has 8 heteroatoms. The van der Waals surface area contributed by atoms with E-state index in [0.29, 0.717) is 16.5 Å². The molecule has 1 aliphatic rings. The second-order valence-corrected chi connectivity index (χ2v) is 12.9. The largest absolute Gasteiger partial charge is 0.494 e. The van der Waals surface area contributed by atoms with Crippen LogP contribution in [0.2, 0.25) is 10.0 Å². The van der Waals surface area contributed by atoms with Gasteiger partial charge in [0.05, 0.1) is 17.3 Å². The van der Waals surface area contributed by atoms with Gasteiger partial charge in [0, 0.05) is 41.5 Å². The van der Waals surface area contributed by atoms with Crippen LogP contribution in [-0.2, 0) is 16.0 Å². The van der Waals surface area contributed by atoms with E-state index in [1.54, 1.807) is 6.07 Å². The molecular weight excluding hydrogens is 629 g/mol. The highest BCUT2D eigenvalue weighted by molar-refractivity contribution is 6.36. The van der Waals surface area contributed by atoms with Crippen molar-refractivity contribution in [2.45, 2.75) is 51.9 Å². The summed E-state index contributed by atoms with van der Waals surface area (Å²) in [6.07, 6.45) is 10.6. The van der Waals surface area contributed by atoms with Gasteiger partial charge in [-0.25, -0.2) is 4.98 Å². The molecule has 242 valence electrons. The maximum Gasteiger partial charge on any atom is 0.304 e. The van der Waals surface area contributed by atoms with Crippen LogP contribution in [0.15, 0.2) is 97.2 Å². The molecule has 47 heavy (non-hydrogen) atoms. The topological polar surface area (TPSA) is 65.4 Å². The highest BCUT2D eigenvalue weighted by Gasteiger charge is 2.16. The number of carbonyl (C=O) groups excluding carboxylic acids is 1. The molecular formula is C39H39Cl2N3O3. The molecule has 0 aliphatic heterocycles. The van der Waals surface area contributed by atoms with Gasteiger partial charge in [0.25, 0.3) is 0 Å². The molecule has 1 heterocycles. The minimum absolute atomic E-state index is 0.0870. The van der Waals surface area contributed by atoms with Crippen LogP contribution in [0.3, 0.4) is 0 Å². The molecule has 5 aromatic rings. The number of imidazole rings is 1. The van der Waals surface area contributed by atoms with Crippen molar-refractivity contribution in [3.63, 3.8) is 0 Å². The maximum absolute atomic E-state index is 11.2. The van der Waals surface area contributed by atoms with Gasteiger partial charge < -0.3 is 19.4 Å². The zero-order valence-corrected chi connectivity index (χ0v) is 28.1. The summed E-state index contributed by atoms with van der Waals surface area (Å²) >= 11 is 12.8. The summed E-state index contributed by atoms with van der Waals surface area (Å²) in [5.74, 6) is 2.26. The number of nitrogens with one attached hydrogen (secondary N) is 1. The lowest BCUT2D eigenvalue weighted by molar-refractivity contribution is -0.140. The number of rotatable bonds is 12. The third kappa shape index (κ3) is 8.76. The summed E-state index contributed by atoms with van der Waals surface area (Å²) in [6.45, 7) is 2.26. The highest BCUT2D eigenvalue weighted by Crippen LogP contribution is 2.32. The van der Waals surface area contributed by atoms with Gasteiger partial charge in [-0.15, -0.1) is 0 Å². The van der Waals surface area contributed by atoms with E-state index in [0.717, 1.165) is 69.8 Å². The molecule has 0 bridgehead atoms. The number of ether oxygens (including phenoxy) is 2. The van der Waals surface area contributed by atoms with E-state index in [4.69, 9.17) is 37.7 Å². The first-order chi connectivity index (χ1) is 22.9. The Labute approximate surface area is 286 Å². The van der Waals surface area contributed by atoms with Gasteiger partial charge in [-0.2, -0.15) is 0 Å². The van der Waals surface area contributed by atoms with Crippen molar-refractivity contribution in [1.29, 1.82) is 0 Å². The molecule has 1 N–H and O–H groups in total. The van der Waals surface area contributed by atoms with Crippen molar-refractivity contribution in [3.05, 3.63) is 119 Å². The maximum atomic E-state index is 11.2. The number of carbonyl (C=O) groups is 1. The van der Waals surface area contributed by atoms with Crippen molar-refractivity contribution in [3.8, 4) is 33.8 Å². The second-order valence-electron chi connectivity index (χ2n) is 12.1. The lowest BCUT2D eigenvalue weighted by Crippen LogP contribution is -2.10. The van der Waals surface area contributed by atoms with E-state index >= 15 is 0 Å². The zero-order chi connectivity index (χ0) is 32.6. The van der Waals surface area contributed by atoms with E-state index < -0.39 is 0 Å². The molecule has 6 nitrogen and oxygen atoms in total. The molecule has 0 saturated heterocycles. The van der Waals surface area contributed by atoms with Gasteiger partial charge in [-0.1, -0.05) is 97.8 Å². The van der Waals surface area contributed by atoms with Gasteiger partial charge >= 0.3 is 5.97 Å². The summed E-state index contributed by atoms with van der Waals surface area (Å²) in [7, 11) is 0. The highest BCUT2D eigenvalue weighted by atomic mass is 35.5. The predicted molar refractivity (Wildman–Crippen MR) is 191 cm³/mol. The number of aromatic nitrogens is 2. The average molecular weight is 669 g/mol. The molecule has 6 rings (SSSR count). The van der Waals surface area contributed by atoms with Crippen LogP contribution >= 0.6 is 23.2 Å². The molecule has 0 atom stereocenters. The summed E-state index contributed by atoms with van der Waals surface area (Å²) in [5.41, 5.74) is 6.70. The predicted octanol–water partition coefficient (Wildman–Crippen LogP) is 10.4. The van der Waals surface area contributed by atoms with Crippen LogP contribution in [-0.4, -0.2) is 28.9 Å². The van der Waals surface area contributed by atoms with Crippen LogP contribution < -0.4 is 10.1 Å². The molecule has 1 aromatic heterocycles. The fourth-order valence-electron chi connectivity index (χ4n) is 6.14. The van der Waals surface area contributed by atoms with Crippen molar-refractivity contribution in [2.75, 3.05) is 18.7 Å². The van der Waals surface area contributed by atoms with Crippen LogP contribution in [0.1, 0.15) is 56.8 Å². The number of hydrogen-bond donors (Lipinski definition) is 1. The number of anilines is 1. The van der Waals surface area contributed by atoms with Gasteiger partial charge in [0.15, 0.2) is 6.73 Å². The Bertz CT molecular complexity index is 1800. The number of benzene rings is 4. The molecule has 0 unspecified atom stereocenters. The first-order valence-corrected chi connectivity index (χ1v) is 17.0. The number of nitrogens with zero attached hydrogens (tertiary/aromatic N) is 2. The number of esters is 1. The van der Waals surface area contributed by atoms with Gasteiger partial charge in [-0.3, -0.25) is 4.79 Å². The third-order valence-electron chi connectivity index (χ3n) is 8.69. The number of hydrogen-bond acceptors (Lipinski definition) is 5. The van der Waals surface area contributed by atoms with Crippen LogP contribution in [0, 0.1) is 5.92 Å². The van der Waals surface area contributed by atoms with E-state index in [2.05, 4.69) is 58.4 Å². The first kappa shape index (κ1) is 32.7. The van der Waals surface area contributed by atoms with Gasteiger partial charge in [-0.05, 0) is 77.6 Å². The van der Waals surface area contributed by atoms with E-state index in [1.807, 2.05) is 42.6 Å². The fourth-order valence-corrected chi connectivity index (χ4v) is 6.65. The Balaban J connectivity index is 1.18. The summed E-state index contributed by atoms with van der Waals surface area (Å²) < 4.78 is 13.2. The van der Waals surface area contributed by atoms with E-state index in [1.165, 1.54) is 39.0 Å². The average Bonchev–Trinajstić information content (AvgIpc) is 3.49. The molecule has 1 fully saturated rings. The Morgan fingerprint density at radius 3 is 2.38 bits per heavy atom. The molecule has 0 spiro atoms. The molecule has 0 amide bonds. The normalized spacial score (nSPS) is 13.3. The summed E-state index contributed by atoms with van der Waals surface area (Å²) in [5, 5.41) is 4.25. The summed E-state index contributed by atoms with van der Waals surface area (Å²) in [6, 6.07) is 30.3. The van der Waals surface area contributed by atoms with Gasteiger partial charge in [0.1, 0.15) is 11.6 Å². The lowest BCUT2D eigenvalue weighted by atomic mass is 9.87. The van der Waals surface area contributed by atoms with Crippen molar-refractivity contribution < 1.29 is 14.3 Å². The second kappa shape index (κ2) is 15.6. The third-order valence-corrected chi connectivity index (χ3v) is 9.23. The fraction of sp³-hybridized carbons (Fsp3) is 0.282. The minimum Gasteiger partial charge on any atom is -0.494 e. The van der Waals surface area contributed by atoms with E-state index in [-0.39, 0.29) is 12.7 Å². The monoisotopic (exact) mass is 667 g/mol. The lowest BCUT2D eigenvalue weighted by Gasteiger charge is -2.21. The quantitative estimate of drug-likeness (QED) is 0.106.